The third-order valence-corrected chi connectivity index (χ3v) is 4.17. The van der Waals surface area contributed by atoms with Gasteiger partial charge >= 0.3 is 0 Å². The van der Waals surface area contributed by atoms with Gasteiger partial charge in [-0.25, -0.2) is 4.98 Å². The van der Waals surface area contributed by atoms with Gasteiger partial charge in [0.2, 0.25) is 0 Å². The number of methoxy groups -OCH3 is 2. The first kappa shape index (κ1) is 19.9. The van der Waals surface area contributed by atoms with Crippen LogP contribution in [0.5, 0.6) is 11.5 Å². The van der Waals surface area contributed by atoms with Crippen LogP contribution in [0, 0.1) is 0 Å². The van der Waals surface area contributed by atoms with Gasteiger partial charge in [0.15, 0.2) is 0 Å². The molecule has 0 fully saturated rings. The van der Waals surface area contributed by atoms with Crippen LogP contribution >= 0.6 is 0 Å². The zero-order chi connectivity index (χ0) is 20.6. The van der Waals surface area contributed by atoms with Gasteiger partial charge in [0.1, 0.15) is 22.9 Å². The van der Waals surface area contributed by atoms with E-state index in [0.29, 0.717) is 17.2 Å². The first-order chi connectivity index (χ1) is 14.1. The van der Waals surface area contributed by atoms with Crippen molar-refractivity contribution in [2.45, 2.75) is 6.54 Å². The van der Waals surface area contributed by atoms with Crippen molar-refractivity contribution in [1.82, 2.24) is 10.3 Å². The van der Waals surface area contributed by atoms with Gasteiger partial charge in [0.25, 0.3) is 11.8 Å². The van der Waals surface area contributed by atoms with Crippen LogP contribution in [-0.2, 0) is 6.54 Å². The Kier molecular flexibility index (Phi) is 6.42. The summed E-state index contributed by atoms with van der Waals surface area (Å²) in [5.74, 6) is 0.511. The van der Waals surface area contributed by atoms with Crippen LogP contribution in [0.4, 0.5) is 5.69 Å². The third-order valence-electron chi connectivity index (χ3n) is 4.17. The van der Waals surface area contributed by atoms with E-state index in [1.54, 1.807) is 56.7 Å². The van der Waals surface area contributed by atoms with Gasteiger partial charge in [-0.15, -0.1) is 0 Å². The Morgan fingerprint density at radius 2 is 1.59 bits per heavy atom. The van der Waals surface area contributed by atoms with E-state index in [0.717, 1.165) is 5.56 Å². The standard InChI is InChI=1S/C22H21N3O4/c1-28-17-9-5-8-16(13-17)24-22(27)19-11-6-10-18(25-19)21(26)23-14-15-7-3-4-12-20(15)29-2/h3-13H,14H2,1-2H3,(H,23,26)(H,24,27). The minimum Gasteiger partial charge on any atom is -0.497 e. The quantitative estimate of drug-likeness (QED) is 0.645. The van der Waals surface area contributed by atoms with Crippen molar-refractivity contribution in [1.29, 1.82) is 0 Å². The van der Waals surface area contributed by atoms with Crippen LogP contribution in [0.1, 0.15) is 26.5 Å². The van der Waals surface area contributed by atoms with Crippen molar-refractivity contribution in [2.24, 2.45) is 0 Å². The Balaban J connectivity index is 1.68. The van der Waals surface area contributed by atoms with Gasteiger partial charge in [0, 0.05) is 23.9 Å². The maximum atomic E-state index is 12.5. The second kappa shape index (κ2) is 9.36. The number of hydrogen-bond donors (Lipinski definition) is 2. The fraction of sp³-hybridized carbons (Fsp3) is 0.136. The Hall–Kier alpha value is -3.87. The molecule has 0 unspecified atom stereocenters. The number of anilines is 1. The van der Waals surface area contributed by atoms with E-state index in [-0.39, 0.29) is 23.8 Å². The summed E-state index contributed by atoms with van der Waals surface area (Å²) in [4.78, 5) is 29.1. The normalized spacial score (nSPS) is 10.1. The summed E-state index contributed by atoms with van der Waals surface area (Å²) in [5, 5.41) is 5.53. The predicted octanol–water partition coefficient (Wildman–Crippen LogP) is 3.28. The summed E-state index contributed by atoms with van der Waals surface area (Å²) < 4.78 is 10.4. The molecule has 2 N–H and O–H groups in total. The zero-order valence-corrected chi connectivity index (χ0v) is 16.1. The molecule has 3 aromatic rings. The molecule has 29 heavy (non-hydrogen) atoms. The van der Waals surface area contributed by atoms with Gasteiger partial charge in [-0.05, 0) is 30.3 Å². The number of nitrogens with zero attached hydrogens (tertiary/aromatic N) is 1. The van der Waals surface area contributed by atoms with Crippen LogP contribution < -0.4 is 20.1 Å². The van der Waals surface area contributed by atoms with E-state index in [2.05, 4.69) is 15.6 Å². The number of aromatic nitrogens is 1. The largest absolute Gasteiger partial charge is 0.497 e. The summed E-state index contributed by atoms with van der Waals surface area (Å²) in [7, 11) is 3.13. The maximum Gasteiger partial charge on any atom is 0.274 e. The van der Waals surface area contributed by atoms with E-state index in [9.17, 15) is 9.59 Å². The Bertz CT molecular complexity index is 1020. The Labute approximate surface area is 168 Å². The molecule has 0 bridgehead atoms. The fourth-order valence-electron chi connectivity index (χ4n) is 2.70. The van der Waals surface area contributed by atoms with Gasteiger partial charge in [-0.2, -0.15) is 0 Å². The van der Waals surface area contributed by atoms with Crippen LogP contribution in [-0.4, -0.2) is 31.0 Å². The van der Waals surface area contributed by atoms with Gasteiger partial charge in [-0.1, -0.05) is 30.3 Å². The molecule has 0 aliphatic carbocycles. The number of nitrogens with one attached hydrogen (secondary N) is 2. The number of amides is 2. The molecule has 148 valence electrons. The number of carbonyl (C=O) groups excluding carboxylic acids is 2. The number of benzene rings is 2. The highest BCUT2D eigenvalue weighted by Crippen LogP contribution is 2.18. The second-order valence-electron chi connectivity index (χ2n) is 6.09. The molecule has 0 saturated heterocycles. The SMILES string of the molecule is COc1cccc(NC(=O)c2cccc(C(=O)NCc3ccccc3OC)n2)c1. The molecule has 0 aliphatic rings. The zero-order valence-electron chi connectivity index (χ0n) is 16.1. The molecule has 0 saturated carbocycles. The number of carbonyl (C=O) groups is 2. The molecular formula is C22H21N3O4. The number of para-hydroxylation sites is 1. The van der Waals surface area contributed by atoms with Gasteiger partial charge in [0.05, 0.1) is 14.2 Å². The number of pyridine rings is 1. The maximum absolute atomic E-state index is 12.5. The molecule has 3 rings (SSSR count). The number of ether oxygens (including phenoxy) is 2. The Morgan fingerprint density at radius 3 is 2.34 bits per heavy atom. The summed E-state index contributed by atoms with van der Waals surface area (Å²) in [6, 6.07) is 19.1. The van der Waals surface area contributed by atoms with Gasteiger partial charge in [-0.3, -0.25) is 9.59 Å². The minimum absolute atomic E-state index is 0.137. The molecular weight excluding hydrogens is 370 g/mol. The molecule has 0 spiro atoms. The fourth-order valence-corrected chi connectivity index (χ4v) is 2.70. The highest BCUT2D eigenvalue weighted by Gasteiger charge is 2.13. The average molecular weight is 391 g/mol. The van der Waals surface area contributed by atoms with Crippen molar-refractivity contribution < 1.29 is 19.1 Å². The summed E-state index contributed by atoms with van der Waals surface area (Å²) in [6.45, 7) is 0.283. The van der Waals surface area contributed by atoms with Crippen LogP contribution in [0.2, 0.25) is 0 Å². The predicted molar refractivity (Wildman–Crippen MR) is 109 cm³/mol. The Morgan fingerprint density at radius 1 is 0.862 bits per heavy atom. The van der Waals surface area contributed by atoms with E-state index in [1.165, 1.54) is 0 Å². The molecule has 1 aromatic heterocycles. The minimum atomic E-state index is -0.419. The second-order valence-corrected chi connectivity index (χ2v) is 6.09. The lowest BCUT2D eigenvalue weighted by atomic mass is 10.2. The first-order valence-electron chi connectivity index (χ1n) is 8.93. The molecule has 0 atom stereocenters. The van der Waals surface area contributed by atoms with Crippen LogP contribution in [0.15, 0.2) is 66.7 Å². The lowest BCUT2D eigenvalue weighted by Gasteiger charge is -2.10. The van der Waals surface area contributed by atoms with Crippen LogP contribution in [0.25, 0.3) is 0 Å². The van der Waals surface area contributed by atoms with Gasteiger partial charge < -0.3 is 20.1 Å². The number of hydrogen-bond acceptors (Lipinski definition) is 5. The lowest BCUT2D eigenvalue weighted by Crippen LogP contribution is -2.25. The highest BCUT2D eigenvalue weighted by atomic mass is 16.5. The number of rotatable bonds is 7. The topological polar surface area (TPSA) is 89.5 Å². The summed E-state index contributed by atoms with van der Waals surface area (Å²) in [6.07, 6.45) is 0. The van der Waals surface area contributed by atoms with Crippen LogP contribution in [0.3, 0.4) is 0 Å². The van der Waals surface area contributed by atoms with Crippen molar-refractivity contribution in [2.75, 3.05) is 19.5 Å². The van der Waals surface area contributed by atoms with E-state index in [1.807, 2.05) is 24.3 Å². The van der Waals surface area contributed by atoms with Crippen molar-refractivity contribution in [3.8, 4) is 11.5 Å². The average Bonchev–Trinajstić information content (AvgIpc) is 2.77. The molecule has 7 nitrogen and oxygen atoms in total. The smallest absolute Gasteiger partial charge is 0.274 e. The van der Waals surface area contributed by atoms with Crippen molar-refractivity contribution in [3.63, 3.8) is 0 Å². The molecule has 7 heteroatoms. The molecule has 2 aromatic carbocycles. The van der Waals surface area contributed by atoms with E-state index < -0.39 is 5.91 Å². The molecule has 2 amide bonds. The first-order valence-corrected chi connectivity index (χ1v) is 8.93. The lowest BCUT2D eigenvalue weighted by molar-refractivity contribution is 0.0945. The third kappa shape index (κ3) is 5.10. The summed E-state index contributed by atoms with van der Waals surface area (Å²) >= 11 is 0. The molecule has 0 aliphatic heterocycles. The van der Waals surface area contributed by atoms with Crippen molar-refractivity contribution >= 4 is 17.5 Å². The monoisotopic (exact) mass is 391 g/mol. The highest BCUT2D eigenvalue weighted by molar-refractivity contribution is 6.03. The molecule has 1 heterocycles. The van der Waals surface area contributed by atoms with E-state index in [4.69, 9.17) is 9.47 Å². The molecule has 0 radical (unpaired) electrons. The van der Waals surface area contributed by atoms with E-state index >= 15 is 0 Å². The van der Waals surface area contributed by atoms with Crippen molar-refractivity contribution in [3.05, 3.63) is 83.7 Å². The summed E-state index contributed by atoms with van der Waals surface area (Å²) in [5.41, 5.74) is 1.70.